The summed E-state index contributed by atoms with van der Waals surface area (Å²) in [6.07, 6.45) is 4.42. The number of rotatable bonds is 11. The van der Waals surface area contributed by atoms with Gasteiger partial charge in [0.25, 0.3) is 5.91 Å². The molecule has 5 unspecified atom stereocenters. The Morgan fingerprint density at radius 1 is 1.04 bits per heavy atom. The molecule has 0 spiro atoms. The molecule has 1 aliphatic heterocycles. The predicted molar refractivity (Wildman–Crippen MR) is 186 cm³/mol. The highest BCUT2D eigenvalue weighted by Crippen LogP contribution is 2.45. The molecule has 3 aliphatic rings. The number of sulfonamides is 1. The lowest BCUT2D eigenvalue weighted by Crippen LogP contribution is -2.60. The van der Waals surface area contributed by atoms with Crippen LogP contribution in [0.15, 0.2) is 61.4 Å². The molecular formula is C36H47N5O8S. The van der Waals surface area contributed by atoms with E-state index in [9.17, 15) is 27.6 Å². The van der Waals surface area contributed by atoms with Crippen molar-refractivity contribution in [2.45, 2.75) is 102 Å². The molecular weight excluding hydrogens is 662 g/mol. The van der Waals surface area contributed by atoms with Crippen molar-refractivity contribution in [2.24, 2.45) is 11.3 Å². The molecule has 1 aromatic heterocycles. The Morgan fingerprint density at radius 3 is 2.30 bits per heavy atom. The van der Waals surface area contributed by atoms with Gasteiger partial charge in [0.05, 0.1) is 18.0 Å². The molecule has 13 nitrogen and oxygen atoms in total. The molecule has 1 saturated heterocycles. The summed E-state index contributed by atoms with van der Waals surface area (Å²) in [6, 6.07) is 9.21. The second kappa shape index (κ2) is 13.7. The third-order valence-corrected chi connectivity index (χ3v) is 10.8. The van der Waals surface area contributed by atoms with Crippen molar-refractivity contribution in [1.29, 1.82) is 0 Å². The highest BCUT2D eigenvalue weighted by molar-refractivity contribution is 7.91. The molecule has 3 N–H and O–H groups in total. The molecule has 3 fully saturated rings. The first-order valence-electron chi connectivity index (χ1n) is 16.8. The summed E-state index contributed by atoms with van der Waals surface area (Å²) in [4.78, 5) is 60.5. The highest BCUT2D eigenvalue weighted by atomic mass is 32.2. The minimum absolute atomic E-state index is 0.0186. The van der Waals surface area contributed by atoms with E-state index in [1.807, 2.05) is 36.4 Å². The molecule has 4 amide bonds. The Balaban J connectivity index is 1.42. The van der Waals surface area contributed by atoms with Gasteiger partial charge in [-0.05, 0) is 57.1 Å². The van der Waals surface area contributed by atoms with Gasteiger partial charge in [-0.1, -0.05) is 57.2 Å². The number of carbonyl (C=O) groups is 4. The number of carbonyl (C=O) groups excluding carboxylic acids is 4. The fraction of sp³-hybridized carbons (Fsp3) is 0.528. The summed E-state index contributed by atoms with van der Waals surface area (Å²) in [5.74, 6) is -2.12. The Bertz CT molecular complexity index is 1750. The lowest BCUT2D eigenvalue weighted by molar-refractivity contribution is -0.143. The topological polar surface area (TPSA) is 173 Å². The Kier molecular flexibility index (Phi) is 10.1. The number of nitrogens with one attached hydrogen (secondary N) is 3. The van der Waals surface area contributed by atoms with Crippen molar-refractivity contribution in [2.75, 3.05) is 6.54 Å². The Morgan fingerprint density at radius 2 is 1.72 bits per heavy atom. The summed E-state index contributed by atoms with van der Waals surface area (Å²) in [6.45, 7) is 14.2. The molecule has 2 aliphatic carbocycles. The average molecular weight is 710 g/mol. The number of pyridine rings is 1. The van der Waals surface area contributed by atoms with E-state index in [2.05, 4.69) is 26.9 Å². The first-order valence-corrected chi connectivity index (χ1v) is 18.4. The van der Waals surface area contributed by atoms with Crippen LogP contribution in [0.4, 0.5) is 4.79 Å². The molecule has 0 bridgehead atoms. The van der Waals surface area contributed by atoms with Crippen LogP contribution in [-0.2, 0) is 29.1 Å². The smallest absolute Gasteiger partial charge is 0.408 e. The van der Waals surface area contributed by atoms with Gasteiger partial charge in [-0.2, -0.15) is 0 Å². The van der Waals surface area contributed by atoms with Gasteiger partial charge in [0, 0.05) is 24.1 Å². The maximum absolute atomic E-state index is 14.4. The van der Waals surface area contributed by atoms with E-state index in [0.717, 1.165) is 11.1 Å². The molecule has 14 heteroatoms. The van der Waals surface area contributed by atoms with Gasteiger partial charge in [0.2, 0.25) is 21.8 Å². The summed E-state index contributed by atoms with van der Waals surface area (Å²) in [5, 5.41) is 4.84. The zero-order chi connectivity index (χ0) is 36.6. The molecule has 0 radical (unpaired) electrons. The lowest BCUT2D eigenvalue weighted by Gasteiger charge is -2.36. The van der Waals surface area contributed by atoms with E-state index >= 15 is 0 Å². The van der Waals surface area contributed by atoms with Crippen LogP contribution in [-0.4, -0.2) is 83.2 Å². The molecule has 5 atom stereocenters. The first kappa shape index (κ1) is 36.8. The monoisotopic (exact) mass is 709 g/mol. The van der Waals surface area contributed by atoms with E-state index in [0.29, 0.717) is 18.6 Å². The number of aromatic nitrogens is 1. The van der Waals surface area contributed by atoms with Crippen LogP contribution >= 0.6 is 0 Å². The number of likely N-dealkylation sites (tertiary alicyclic amines) is 1. The van der Waals surface area contributed by atoms with Crippen molar-refractivity contribution < 1.29 is 37.1 Å². The van der Waals surface area contributed by atoms with Crippen LogP contribution in [0.1, 0.15) is 67.2 Å². The Labute approximate surface area is 293 Å². The number of alkyl carbamates (subject to hydrolysis) is 1. The fourth-order valence-electron chi connectivity index (χ4n) is 6.10. The zero-order valence-electron chi connectivity index (χ0n) is 29.4. The number of hydrogen-bond donors (Lipinski definition) is 3. The normalized spacial score (nSPS) is 24.0. The standard InChI is InChI=1S/C36H47N5O8S/c1-8-24-18-36(24,32(44)40-50(46,47)27-14-15-27)39-30(42)28-17-26(48-25-16-23(19-37-20-25)22-12-10-9-11-13-22)21-41(28)31(43)29(34(2,3)4)38-33(45)49-35(5,6)7/h8-13,16,19-20,24,26-29H,1,14-15,17-18,21H2,2-7H3,(H,38,45)(H,39,42)(H,40,44). The van der Waals surface area contributed by atoms with Gasteiger partial charge >= 0.3 is 6.09 Å². The average Bonchev–Trinajstić information content (AvgIpc) is 3.96. The number of nitrogens with zero attached hydrogens (tertiary/aromatic N) is 2. The van der Waals surface area contributed by atoms with Crippen LogP contribution in [0.3, 0.4) is 0 Å². The summed E-state index contributed by atoms with van der Waals surface area (Å²) in [5.41, 5.74) is -1.41. The van der Waals surface area contributed by atoms with Crippen LogP contribution in [0.2, 0.25) is 0 Å². The Hall–Kier alpha value is -4.46. The zero-order valence-corrected chi connectivity index (χ0v) is 30.2. The van der Waals surface area contributed by atoms with Crippen LogP contribution in [0, 0.1) is 11.3 Å². The minimum atomic E-state index is -3.89. The van der Waals surface area contributed by atoms with Crippen molar-refractivity contribution in [1.82, 2.24) is 25.2 Å². The molecule has 5 rings (SSSR count). The first-order chi connectivity index (χ1) is 23.3. The van der Waals surface area contributed by atoms with Crippen molar-refractivity contribution in [3.8, 4) is 16.9 Å². The quantitative estimate of drug-likeness (QED) is 0.294. The second-order valence-electron chi connectivity index (χ2n) is 15.4. The van der Waals surface area contributed by atoms with Crippen LogP contribution in [0.25, 0.3) is 11.1 Å². The SMILES string of the molecule is C=CC1CC1(NC(=O)C1CC(Oc2cncc(-c3ccccc3)c2)CN1C(=O)C(NC(=O)OC(C)(C)C)C(C)(C)C)C(=O)NS(=O)(=O)C1CC1. The predicted octanol–water partition coefficient (Wildman–Crippen LogP) is 3.71. The number of hydrogen-bond acceptors (Lipinski definition) is 9. The van der Waals surface area contributed by atoms with Crippen molar-refractivity contribution >= 4 is 33.8 Å². The molecule has 1 aromatic carbocycles. The fourth-order valence-corrected chi connectivity index (χ4v) is 7.46. The molecule has 2 heterocycles. The number of amides is 4. The molecule has 2 saturated carbocycles. The van der Waals surface area contributed by atoms with E-state index in [1.165, 1.54) is 11.0 Å². The van der Waals surface area contributed by atoms with Gasteiger partial charge in [0.15, 0.2) is 0 Å². The third kappa shape index (κ3) is 8.45. The number of ether oxygens (including phenoxy) is 2. The van der Waals surface area contributed by atoms with E-state index in [-0.39, 0.29) is 19.4 Å². The minimum Gasteiger partial charge on any atom is -0.487 e. The number of benzene rings is 1. The van der Waals surface area contributed by atoms with E-state index in [4.69, 9.17) is 9.47 Å². The maximum Gasteiger partial charge on any atom is 0.408 e. The summed E-state index contributed by atoms with van der Waals surface area (Å²) >= 11 is 0. The van der Waals surface area contributed by atoms with Gasteiger partial charge in [0.1, 0.15) is 35.1 Å². The third-order valence-electron chi connectivity index (χ3n) is 8.99. The highest BCUT2D eigenvalue weighted by Gasteiger charge is 2.62. The largest absolute Gasteiger partial charge is 0.487 e. The summed E-state index contributed by atoms with van der Waals surface area (Å²) in [7, 11) is -3.89. The van der Waals surface area contributed by atoms with Gasteiger partial charge in [-0.25, -0.2) is 13.2 Å². The van der Waals surface area contributed by atoms with E-state index in [1.54, 1.807) is 53.9 Å². The second-order valence-corrected chi connectivity index (χ2v) is 17.3. The van der Waals surface area contributed by atoms with Gasteiger partial charge in [-0.3, -0.25) is 24.1 Å². The van der Waals surface area contributed by atoms with Crippen LogP contribution < -0.4 is 20.1 Å². The van der Waals surface area contributed by atoms with E-state index < -0.39 is 79.7 Å². The van der Waals surface area contributed by atoms with Gasteiger partial charge < -0.3 is 25.0 Å². The molecule has 50 heavy (non-hydrogen) atoms. The lowest BCUT2D eigenvalue weighted by atomic mass is 9.85. The maximum atomic E-state index is 14.4. The summed E-state index contributed by atoms with van der Waals surface area (Å²) < 4.78 is 39.2. The molecule has 2 aromatic rings. The van der Waals surface area contributed by atoms with Crippen molar-refractivity contribution in [3.63, 3.8) is 0 Å². The van der Waals surface area contributed by atoms with Gasteiger partial charge in [-0.15, -0.1) is 6.58 Å². The molecule has 270 valence electrons. The van der Waals surface area contributed by atoms with Crippen molar-refractivity contribution in [3.05, 3.63) is 61.4 Å². The van der Waals surface area contributed by atoms with Crippen LogP contribution in [0.5, 0.6) is 5.75 Å².